The number of aliphatic carboxylic acids is 1. The molecule has 3 heteroatoms. The van der Waals surface area contributed by atoms with E-state index < -0.39 is 5.97 Å². The average Bonchev–Trinajstić information content (AvgIpc) is 2.74. The van der Waals surface area contributed by atoms with Crippen molar-refractivity contribution in [1.29, 1.82) is 0 Å². The van der Waals surface area contributed by atoms with Crippen molar-refractivity contribution >= 4 is 5.97 Å². The molecule has 0 radical (unpaired) electrons. The molecule has 0 aromatic rings. The van der Waals surface area contributed by atoms with Crippen LogP contribution >= 0.6 is 0 Å². The molecule has 0 saturated heterocycles. The van der Waals surface area contributed by atoms with Crippen LogP contribution < -0.4 is 11.3 Å². The van der Waals surface area contributed by atoms with Crippen LogP contribution in [0.1, 0.15) is 162 Å². The Hall–Kier alpha value is -0.570. The molecule has 0 bridgehead atoms. The summed E-state index contributed by atoms with van der Waals surface area (Å²) in [6.07, 6.45) is 29.0. The van der Waals surface area contributed by atoms with E-state index in [1.807, 2.05) is 6.92 Å². The third kappa shape index (κ3) is 22.4. The second-order valence-electron chi connectivity index (χ2n) is 9.81. The maximum absolute atomic E-state index is 11.4. The van der Waals surface area contributed by atoms with E-state index in [-0.39, 0.29) is 12.1 Å². The Morgan fingerprint density at radius 1 is 0.548 bits per heavy atom. The Balaban J connectivity index is 0. The van der Waals surface area contributed by atoms with Gasteiger partial charge in [-0.1, -0.05) is 149 Å². The molecule has 0 aliphatic carbocycles. The SMILES string of the molecule is CCCCCCCCCCCCC(CCCCCCCCCCCC)C(C)C(=O)[O-].[NH4+]. The Morgan fingerprint density at radius 3 is 1.06 bits per heavy atom. The van der Waals surface area contributed by atoms with E-state index in [1.165, 1.54) is 128 Å². The third-order valence-electron chi connectivity index (χ3n) is 6.94. The van der Waals surface area contributed by atoms with E-state index in [0.29, 0.717) is 5.92 Å². The van der Waals surface area contributed by atoms with Crippen LogP contribution in [0.4, 0.5) is 0 Å². The van der Waals surface area contributed by atoms with E-state index in [2.05, 4.69) is 13.8 Å². The maximum atomic E-state index is 11.4. The quantitative estimate of drug-likeness (QED) is 0.152. The lowest BCUT2D eigenvalue weighted by Crippen LogP contribution is -2.34. The van der Waals surface area contributed by atoms with Gasteiger partial charge in [0.2, 0.25) is 0 Å². The number of hydrogen-bond acceptors (Lipinski definition) is 2. The highest BCUT2D eigenvalue weighted by Crippen LogP contribution is 2.26. The van der Waals surface area contributed by atoms with Crippen molar-refractivity contribution in [3.05, 3.63) is 0 Å². The summed E-state index contributed by atoms with van der Waals surface area (Å²) < 4.78 is 0. The minimum Gasteiger partial charge on any atom is -0.550 e. The maximum Gasteiger partial charge on any atom is 0.0445 e. The predicted molar refractivity (Wildman–Crippen MR) is 137 cm³/mol. The van der Waals surface area contributed by atoms with Crippen molar-refractivity contribution in [2.45, 2.75) is 162 Å². The number of unbranched alkanes of at least 4 members (excludes halogenated alkanes) is 18. The molecule has 31 heavy (non-hydrogen) atoms. The Kier molecular flexibility index (Phi) is 27.0. The molecule has 0 aromatic heterocycles. The van der Waals surface area contributed by atoms with Gasteiger partial charge in [0.05, 0.1) is 0 Å². The van der Waals surface area contributed by atoms with Crippen molar-refractivity contribution in [2.24, 2.45) is 11.8 Å². The Morgan fingerprint density at radius 2 is 0.806 bits per heavy atom. The molecule has 0 aromatic carbocycles. The van der Waals surface area contributed by atoms with Crippen LogP contribution in [0.15, 0.2) is 0 Å². The highest BCUT2D eigenvalue weighted by molar-refractivity contribution is 5.67. The molecule has 1 unspecified atom stereocenters. The zero-order valence-electron chi connectivity index (χ0n) is 22.0. The number of carbonyl (C=O) groups is 1. The summed E-state index contributed by atoms with van der Waals surface area (Å²) >= 11 is 0. The van der Waals surface area contributed by atoms with Crippen molar-refractivity contribution in [3.63, 3.8) is 0 Å². The molecule has 3 nitrogen and oxygen atoms in total. The first-order valence-electron chi connectivity index (χ1n) is 13.8. The summed E-state index contributed by atoms with van der Waals surface area (Å²) in [5, 5.41) is 11.4. The van der Waals surface area contributed by atoms with E-state index in [4.69, 9.17) is 0 Å². The molecule has 0 amide bonds. The summed E-state index contributed by atoms with van der Waals surface area (Å²) in [5.74, 6) is -0.820. The van der Waals surface area contributed by atoms with Gasteiger partial charge < -0.3 is 16.1 Å². The second kappa shape index (κ2) is 25.7. The summed E-state index contributed by atoms with van der Waals surface area (Å²) in [6.45, 7) is 6.41. The molecule has 0 aliphatic heterocycles. The highest BCUT2D eigenvalue weighted by Gasteiger charge is 2.17. The zero-order chi connectivity index (χ0) is 22.3. The fourth-order valence-electron chi connectivity index (χ4n) is 4.62. The van der Waals surface area contributed by atoms with Crippen LogP contribution in [0.5, 0.6) is 0 Å². The molecule has 4 N–H and O–H groups in total. The van der Waals surface area contributed by atoms with Crippen LogP contribution in [0, 0.1) is 11.8 Å². The normalized spacial score (nSPS) is 12.1. The molecule has 1 atom stereocenters. The fourth-order valence-corrected chi connectivity index (χ4v) is 4.62. The number of hydrogen-bond donors (Lipinski definition) is 1. The lowest BCUT2D eigenvalue weighted by Gasteiger charge is -2.25. The lowest BCUT2D eigenvalue weighted by atomic mass is 9.84. The molecule has 0 saturated carbocycles. The minimum atomic E-state index is -0.848. The summed E-state index contributed by atoms with van der Waals surface area (Å²) in [7, 11) is 0. The van der Waals surface area contributed by atoms with Crippen LogP contribution in [0.2, 0.25) is 0 Å². The molecule has 188 valence electrons. The van der Waals surface area contributed by atoms with Gasteiger partial charge in [0.1, 0.15) is 0 Å². The average molecular weight is 442 g/mol. The van der Waals surface area contributed by atoms with E-state index >= 15 is 0 Å². The first kappa shape index (κ1) is 32.6. The monoisotopic (exact) mass is 441 g/mol. The van der Waals surface area contributed by atoms with Gasteiger partial charge in [-0.3, -0.25) is 0 Å². The minimum absolute atomic E-state index is 0. The Labute approximate surface area is 196 Å². The molecule has 0 fully saturated rings. The number of rotatable bonds is 24. The van der Waals surface area contributed by atoms with E-state index in [9.17, 15) is 9.90 Å². The molecular weight excluding hydrogens is 382 g/mol. The smallest absolute Gasteiger partial charge is 0.0445 e. The Bertz CT molecular complexity index is 335. The van der Waals surface area contributed by atoms with Gasteiger partial charge in [0, 0.05) is 5.97 Å². The van der Waals surface area contributed by atoms with Gasteiger partial charge in [0.15, 0.2) is 0 Å². The van der Waals surface area contributed by atoms with Gasteiger partial charge in [-0.2, -0.15) is 0 Å². The second-order valence-corrected chi connectivity index (χ2v) is 9.81. The lowest BCUT2D eigenvalue weighted by molar-refractivity contribution is -0.312. The topological polar surface area (TPSA) is 76.6 Å². The van der Waals surface area contributed by atoms with Crippen molar-refractivity contribution in [1.82, 2.24) is 6.15 Å². The van der Waals surface area contributed by atoms with Crippen molar-refractivity contribution < 1.29 is 9.90 Å². The highest BCUT2D eigenvalue weighted by atomic mass is 16.4. The standard InChI is InChI=1S/C28H56O2.H3N/c1-4-6-8-10-12-14-16-18-20-22-24-27(26(3)28(29)30)25-23-21-19-17-15-13-11-9-7-5-2;/h26-27H,4-25H2,1-3H3,(H,29,30);1H3. The number of carbonyl (C=O) groups excluding carboxylic acids is 1. The van der Waals surface area contributed by atoms with E-state index in [0.717, 1.165) is 12.8 Å². The summed E-state index contributed by atoms with van der Waals surface area (Å²) in [6, 6.07) is 0. The van der Waals surface area contributed by atoms with Crippen molar-refractivity contribution in [2.75, 3.05) is 0 Å². The van der Waals surface area contributed by atoms with Crippen LogP contribution in [-0.4, -0.2) is 5.97 Å². The fraction of sp³-hybridized carbons (Fsp3) is 0.964. The van der Waals surface area contributed by atoms with Crippen LogP contribution in [-0.2, 0) is 4.79 Å². The van der Waals surface area contributed by atoms with Crippen LogP contribution in [0.25, 0.3) is 0 Å². The number of carboxylic acids is 1. The van der Waals surface area contributed by atoms with Gasteiger partial charge in [0.25, 0.3) is 0 Å². The summed E-state index contributed by atoms with van der Waals surface area (Å²) in [5.41, 5.74) is 0. The predicted octanol–water partition coefficient (Wildman–Crippen LogP) is 8.99. The summed E-state index contributed by atoms with van der Waals surface area (Å²) in [4.78, 5) is 11.4. The van der Waals surface area contributed by atoms with Gasteiger partial charge in [-0.05, 0) is 24.7 Å². The largest absolute Gasteiger partial charge is 0.550 e. The third-order valence-corrected chi connectivity index (χ3v) is 6.94. The molecule has 0 heterocycles. The number of quaternary nitrogens is 1. The molecular formula is C28H59NO2. The van der Waals surface area contributed by atoms with Gasteiger partial charge in [-0.15, -0.1) is 0 Å². The first-order chi connectivity index (χ1) is 14.6. The first-order valence-corrected chi connectivity index (χ1v) is 13.8. The number of carboxylic acid groups (broad SMARTS) is 1. The van der Waals surface area contributed by atoms with Crippen LogP contribution in [0.3, 0.4) is 0 Å². The molecule has 0 rings (SSSR count). The molecule has 0 spiro atoms. The van der Waals surface area contributed by atoms with Gasteiger partial charge >= 0.3 is 0 Å². The zero-order valence-corrected chi connectivity index (χ0v) is 22.0. The van der Waals surface area contributed by atoms with Gasteiger partial charge in [-0.25, -0.2) is 0 Å². The molecule has 0 aliphatic rings. The van der Waals surface area contributed by atoms with E-state index in [1.54, 1.807) is 0 Å². The van der Waals surface area contributed by atoms with Crippen molar-refractivity contribution in [3.8, 4) is 0 Å².